The average molecular weight is 424 g/mol. The van der Waals surface area contributed by atoms with E-state index in [4.69, 9.17) is 4.74 Å². The minimum atomic E-state index is 0.104. The zero-order valence-electron chi connectivity index (χ0n) is 18.8. The minimum absolute atomic E-state index is 0.104. The molecule has 3 unspecified atom stereocenters. The second kappa shape index (κ2) is 10.4. The number of aromatic hydroxyl groups is 1. The fourth-order valence-electron chi connectivity index (χ4n) is 5.46. The predicted molar refractivity (Wildman–Crippen MR) is 126 cm³/mol. The van der Waals surface area contributed by atoms with E-state index in [0.717, 1.165) is 62.1 Å². The molecule has 4 heteroatoms. The van der Waals surface area contributed by atoms with Crippen molar-refractivity contribution < 1.29 is 14.9 Å². The molecule has 0 bridgehead atoms. The van der Waals surface area contributed by atoms with Crippen LogP contribution in [0.1, 0.15) is 75.3 Å². The normalized spacial score (nSPS) is 21.3. The Morgan fingerprint density at radius 2 is 1.97 bits per heavy atom. The number of benzene rings is 2. The highest BCUT2D eigenvalue weighted by atomic mass is 16.5. The summed E-state index contributed by atoms with van der Waals surface area (Å²) in [5.41, 5.74) is 3.59. The third-order valence-corrected chi connectivity index (χ3v) is 6.98. The molecule has 2 aromatic rings. The van der Waals surface area contributed by atoms with Gasteiger partial charge in [-0.1, -0.05) is 30.3 Å². The molecule has 0 aliphatic carbocycles. The molecule has 2 heterocycles. The number of phenols is 1. The number of phenolic OH excluding ortho intramolecular Hbond substituents is 1. The molecule has 3 atom stereocenters. The van der Waals surface area contributed by atoms with Gasteiger partial charge in [0.05, 0.1) is 6.10 Å². The summed E-state index contributed by atoms with van der Waals surface area (Å²) in [5.74, 6) is 1.45. The van der Waals surface area contributed by atoms with Gasteiger partial charge in [-0.15, -0.1) is 0 Å². The topological polar surface area (TPSA) is 52.9 Å². The van der Waals surface area contributed by atoms with E-state index in [2.05, 4.69) is 48.2 Å². The Morgan fingerprint density at radius 3 is 2.77 bits per heavy atom. The van der Waals surface area contributed by atoms with Gasteiger partial charge in [0.15, 0.2) is 0 Å². The molecule has 0 aromatic heterocycles. The third kappa shape index (κ3) is 5.35. The van der Waals surface area contributed by atoms with Crippen LogP contribution < -0.4 is 9.64 Å². The van der Waals surface area contributed by atoms with Gasteiger partial charge in [-0.2, -0.15) is 0 Å². The van der Waals surface area contributed by atoms with Crippen LogP contribution in [0, 0.1) is 0 Å². The van der Waals surface area contributed by atoms with E-state index in [0.29, 0.717) is 17.7 Å². The van der Waals surface area contributed by atoms with E-state index in [9.17, 15) is 10.2 Å². The zero-order valence-corrected chi connectivity index (χ0v) is 18.8. The Kier molecular flexibility index (Phi) is 7.39. The first kappa shape index (κ1) is 22.0. The Hall–Kier alpha value is -2.20. The van der Waals surface area contributed by atoms with Crippen molar-refractivity contribution in [3.63, 3.8) is 0 Å². The number of hydrogen-bond donors (Lipinski definition) is 2. The number of aliphatic hydroxyl groups is 1. The van der Waals surface area contributed by atoms with Crippen molar-refractivity contribution in [3.8, 4) is 11.5 Å². The molecule has 2 aromatic carbocycles. The van der Waals surface area contributed by atoms with Crippen LogP contribution in [-0.4, -0.2) is 35.5 Å². The molecular formula is C27H37NO3. The number of ether oxygens (including phenoxy) is 1. The fraction of sp³-hybridized carbons (Fsp3) is 0.556. The van der Waals surface area contributed by atoms with E-state index in [-0.39, 0.29) is 12.7 Å². The number of anilines is 1. The van der Waals surface area contributed by atoms with Crippen LogP contribution in [-0.2, 0) is 6.42 Å². The summed E-state index contributed by atoms with van der Waals surface area (Å²) in [7, 11) is 0. The van der Waals surface area contributed by atoms with Crippen molar-refractivity contribution in [2.75, 3.05) is 18.1 Å². The van der Waals surface area contributed by atoms with Gasteiger partial charge in [0.1, 0.15) is 11.5 Å². The molecule has 0 amide bonds. The quantitative estimate of drug-likeness (QED) is 0.535. The number of nitrogens with zero attached hydrogens (tertiary/aromatic N) is 1. The molecule has 1 fully saturated rings. The molecule has 31 heavy (non-hydrogen) atoms. The van der Waals surface area contributed by atoms with Gasteiger partial charge >= 0.3 is 0 Å². The molecule has 0 saturated carbocycles. The van der Waals surface area contributed by atoms with E-state index in [1.165, 1.54) is 24.8 Å². The SMILES string of the molecule is CC(CCCc1ccccc1)Oc1cc(O)c2c(c1)N1CCCCC1CC2CCCO. The third-order valence-electron chi connectivity index (χ3n) is 6.98. The highest BCUT2D eigenvalue weighted by Gasteiger charge is 2.36. The lowest BCUT2D eigenvalue weighted by molar-refractivity contribution is 0.207. The first-order chi connectivity index (χ1) is 15.2. The molecule has 2 aliphatic heterocycles. The second-order valence-electron chi connectivity index (χ2n) is 9.32. The van der Waals surface area contributed by atoms with Crippen molar-refractivity contribution in [2.24, 2.45) is 0 Å². The molecule has 0 spiro atoms. The fourth-order valence-corrected chi connectivity index (χ4v) is 5.46. The number of aryl methyl sites for hydroxylation is 1. The van der Waals surface area contributed by atoms with Crippen molar-refractivity contribution in [3.05, 3.63) is 53.6 Å². The van der Waals surface area contributed by atoms with Crippen LogP contribution in [0.2, 0.25) is 0 Å². The van der Waals surface area contributed by atoms with Crippen molar-refractivity contribution >= 4 is 5.69 Å². The Bertz CT molecular complexity index is 838. The summed E-state index contributed by atoms with van der Waals surface area (Å²) in [4.78, 5) is 2.50. The molecule has 0 radical (unpaired) electrons. The number of fused-ring (bicyclic) bond motifs is 3. The van der Waals surface area contributed by atoms with E-state index in [1.54, 1.807) is 0 Å². The molecular weight excluding hydrogens is 386 g/mol. The maximum absolute atomic E-state index is 11.0. The van der Waals surface area contributed by atoms with E-state index < -0.39 is 0 Å². The van der Waals surface area contributed by atoms with Crippen LogP contribution in [0.4, 0.5) is 5.69 Å². The number of piperidine rings is 1. The summed E-state index contributed by atoms with van der Waals surface area (Å²) < 4.78 is 6.27. The van der Waals surface area contributed by atoms with E-state index in [1.807, 2.05) is 6.07 Å². The Labute approximate surface area is 186 Å². The summed E-state index contributed by atoms with van der Waals surface area (Å²) in [6, 6.07) is 15.1. The second-order valence-corrected chi connectivity index (χ2v) is 9.32. The maximum atomic E-state index is 11.0. The van der Waals surface area contributed by atoms with Crippen molar-refractivity contribution in [1.29, 1.82) is 0 Å². The van der Waals surface area contributed by atoms with Crippen LogP contribution in [0.15, 0.2) is 42.5 Å². The first-order valence-electron chi connectivity index (χ1n) is 12.1. The zero-order chi connectivity index (χ0) is 21.6. The predicted octanol–water partition coefficient (Wildman–Crippen LogP) is 5.80. The molecule has 2 N–H and O–H groups in total. The van der Waals surface area contributed by atoms with E-state index >= 15 is 0 Å². The van der Waals surface area contributed by atoms with Gasteiger partial charge in [0, 0.05) is 42.6 Å². The lowest BCUT2D eigenvalue weighted by Gasteiger charge is -2.45. The van der Waals surface area contributed by atoms with Gasteiger partial charge in [0.2, 0.25) is 0 Å². The van der Waals surface area contributed by atoms with Crippen LogP contribution in [0.3, 0.4) is 0 Å². The molecule has 2 aliphatic rings. The lowest BCUT2D eigenvalue weighted by Crippen LogP contribution is -2.44. The van der Waals surface area contributed by atoms with Gasteiger partial charge in [-0.05, 0) is 76.2 Å². The Balaban J connectivity index is 1.46. The maximum Gasteiger partial charge on any atom is 0.125 e. The van der Waals surface area contributed by atoms with Crippen LogP contribution in [0.5, 0.6) is 11.5 Å². The highest BCUT2D eigenvalue weighted by Crippen LogP contribution is 2.49. The van der Waals surface area contributed by atoms with Gasteiger partial charge in [0.25, 0.3) is 0 Å². The number of aliphatic hydroxyl groups excluding tert-OH is 1. The average Bonchev–Trinajstić information content (AvgIpc) is 2.78. The molecule has 168 valence electrons. The summed E-state index contributed by atoms with van der Waals surface area (Å²) >= 11 is 0. The molecule has 4 nitrogen and oxygen atoms in total. The highest BCUT2D eigenvalue weighted by molar-refractivity contribution is 5.66. The van der Waals surface area contributed by atoms with Crippen molar-refractivity contribution in [1.82, 2.24) is 0 Å². The lowest BCUT2D eigenvalue weighted by atomic mass is 9.79. The number of hydrogen-bond acceptors (Lipinski definition) is 4. The Morgan fingerprint density at radius 1 is 1.13 bits per heavy atom. The smallest absolute Gasteiger partial charge is 0.125 e. The van der Waals surface area contributed by atoms with Gasteiger partial charge in [-0.25, -0.2) is 0 Å². The van der Waals surface area contributed by atoms with Gasteiger partial charge < -0.3 is 19.8 Å². The van der Waals surface area contributed by atoms with Crippen molar-refractivity contribution in [2.45, 2.75) is 82.8 Å². The molecule has 1 saturated heterocycles. The largest absolute Gasteiger partial charge is 0.507 e. The van der Waals surface area contributed by atoms with Crippen LogP contribution in [0.25, 0.3) is 0 Å². The molecule has 4 rings (SSSR count). The summed E-state index contributed by atoms with van der Waals surface area (Å²) in [6.07, 6.45) is 9.73. The summed E-state index contributed by atoms with van der Waals surface area (Å²) in [5, 5.41) is 20.3. The summed E-state index contributed by atoms with van der Waals surface area (Å²) in [6.45, 7) is 3.39. The first-order valence-corrected chi connectivity index (χ1v) is 12.1. The minimum Gasteiger partial charge on any atom is -0.507 e. The van der Waals surface area contributed by atoms with Gasteiger partial charge in [-0.3, -0.25) is 0 Å². The van der Waals surface area contributed by atoms with Crippen LogP contribution >= 0.6 is 0 Å². The number of rotatable bonds is 9. The standard InChI is InChI=1S/C27H37NO3/c1-20(9-7-12-21-10-3-2-4-11-21)31-24-18-25-27(26(30)19-24)22(13-8-16-29)17-23-14-5-6-15-28(23)25/h2-4,10-11,18-20,22-23,29-30H,5-9,12-17H2,1H3. The monoisotopic (exact) mass is 423 g/mol.